The molecule has 0 rings (SSSR count). The molecule has 0 saturated heterocycles. The highest BCUT2D eigenvalue weighted by Crippen LogP contribution is 2.08. The Hall–Kier alpha value is -1.30. The van der Waals surface area contributed by atoms with Crippen molar-refractivity contribution in [3.05, 3.63) is 0 Å². The Labute approximate surface area is 113 Å². The van der Waals surface area contributed by atoms with Gasteiger partial charge in [0.2, 0.25) is 0 Å². The fourth-order valence-electron chi connectivity index (χ4n) is 1.25. The van der Waals surface area contributed by atoms with Gasteiger partial charge in [-0.15, -0.1) is 0 Å². The molecule has 5 atom stereocenters. The summed E-state index contributed by atoms with van der Waals surface area (Å²) in [6.07, 6.45) is -9.83. The largest absolute Gasteiger partial charge is 0.481 e. The zero-order valence-corrected chi connectivity index (χ0v) is 10.4. The fraction of sp³-hybridized carbons (Fsp3) is 0.800. The lowest BCUT2D eigenvalue weighted by molar-refractivity contribution is -0.164. The van der Waals surface area contributed by atoms with Gasteiger partial charge in [0, 0.05) is 0 Å². The number of rotatable bonds is 10. The van der Waals surface area contributed by atoms with Crippen LogP contribution in [-0.4, -0.2) is 91.4 Å². The smallest absolute Gasteiger partial charge is 0.333 e. The molecular weight excluding hydrogens is 280 g/mol. The van der Waals surface area contributed by atoms with Gasteiger partial charge in [0.1, 0.15) is 24.4 Å². The lowest BCUT2D eigenvalue weighted by Crippen LogP contribution is -2.48. The van der Waals surface area contributed by atoms with Crippen LogP contribution >= 0.6 is 0 Å². The molecule has 7 N–H and O–H groups in total. The lowest BCUT2D eigenvalue weighted by Gasteiger charge is -2.26. The molecule has 118 valence electrons. The van der Waals surface area contributed by atoms with E-state index in [1.807, 2.05) is 0 Å². The minimum Gasteiger partial charge on any atom is -0.481 e. The Morgan fingerprint density at radius 1 is 0.950 bits per heavy atom. The molecule has 0 aliphatic heterocycles. The van der Waals surface area contributed by atoms with E-state index in [-0.39, 0.29) is 0 Å². The van der Waals surface area contributed by atoms with Crippen molar-refractivity contribution in [1.29, 1.82) is 0 Å². The predicted molar refractivity (Wildman–Crippen MR) is 60.7 cm³/mol. The minimum atomic E-state index is -1.91. The fourth-order valence-corrected chi connectivity index (χ4v) is 1.25. The molecule has 0 aliphatic rings. The number of aliphatic hydroxyl groups excluding tert-OH is 5. The second-order valence-corrected chi connectivity index (χ2v) is 4.06. The summed E-state index contributed by atoms with van der Waals surface area (Å²) in [5, 5.41) is 62.8. The van der Waals surface area contributed by atoms with Crippen molar-refractivity contribution in [2.24, 2.45) is 0 Å². The second kappa shape index (κ2) is 8.79. The average molecular weight is 298 g/mol. The molecule has 0 amide bonds. The van der Waals surface area contributed by atoms with E-state index in [0.29, 0.717) is 0 Å². The molecule has 0 aromatic rings. The summed E-state index contributed by atoms with van der Waals surface area (Å²) in [5.41, 5.74) is 0. The number of aliphatic hydroxyl groups is 5. The molecule has 0 saturated carbocycles. The van der Waals surface area contributed by atoms with E-state index in [1.165, 1.54) is 0 Å². The lowest BCUT2D eigenvalue weighted by atomic mass is 10.0. The third-order valence-corrected chi connectivity index (χ3v) is 2.43. The Morgan fingerprint density at radius 3 is 1.85 bits per heavy atom. The maximum absolute atomic E-state index is 10.7. The number of ether oxygens (including phenoxy) is 1. The van der Waals surface area contributed by atoms with Crippen LogP contribution < -0.4 is 0 Å². The second-order valence-electron chi connectivity index (χ2n) is 4.06. The third kappa shape index (κ3) is 6.23. The number of hydrogen-bond acceptors (Lipinski definition) is 8. The Morgan fingerprint density at radius 2 is 1.45 bits per heavy atom. The molecular formula is C10H18O10. The molecule has 1 unspecified atom stereocenters. The van der Waals surface area contributed by atoms with Crippen molar-refractivity contribution in [2.45, 2.75) is 36.9 Å². The van der Waals surface area contributed by atoms with Crippen molar-refractivity contribution >= 4 is 11.9 Å². The number of aliphatic carboxylic acids is 2. The molecule has 0 spiro atoms. The highest BCUT2D eigenvalue weighted by atomic mass is 16.5. The van der Waals surface area contributed by atoms with E-state index in [4.69, 9.17) is 20.4 Å². The normalized spacial score (nSPS) is 18.9. The first-order valence-corrected chi connectivity index (χ1v) is 5.60. The molecule has 10 nitrogen and oxygen atoms in total. The van der Waals surface area contributed by atoms with Crippen molar-refractivity contribution in [3.63, 3.8) is 0 Å². The first kappa shape index (κ1) is 18.7. The third-order valence-electron chi connectivity index (χ3n) is 2.43. The highest BCUT2D eigenvalue weighted by Gasteiger charge is 2.31. The summed E-state index contributed by atoms with van der Waals surface area (Å²) in [6.45, 7) is -1.64. The maximum atomic E-state index is 10.7. The quantitative estimate of drug-likeness (QED) is 0.212. The number of carbonyl (C=O) groups is 2. The molecule has 0 aliphatic carbocycles. The Balaban J connectivity index is 4.40. The zero-order chi connectivity index (χ0) is 15.9. The van der Waals surface area contributed by atoms with Gasteiger partial charge in [-0.3, -0.25) is 4.79 Å². The van der Waals surface area contributed by atoms with E-state index >= 15 is 0 Å². The first-order valence-electron chi connectivity index (χ1n) is 5.60. The SMILES string of the molecule is O=C(O)CC(OC[C@H](O)[C@@H](O)[C@H](O)[C@H](O)CO)C(=O)O. The first-order chi connectivity index (χ1) is 9.20. The van der Waals surface area contributed by atoms with Gasteiger partial charge in [-0.25, -0.2) is 4.79 Å². The monoisotopic (exact) mass is 298 g/mol. The maximum Gasteiger partial charge on any atom is 0.333 e. The summed E-state index contributed by atoms with van der Waals surface area (Å²) >= 11 is 0. The molecule has 0 fully saturated rings. The predicted octanol–water partition coefficient (Wildman–Crippen LogP) is -3.63. The van der Waals surface area contributed by atoms with E-state index in [9.17, 15) is 24.9 Å². The highest BCUT2D eigenvalue weighted by molar-refractivity contribution is 5.79. The summed E-state index contributed by atoms with van der Waals surface area (Å²) < 4.78 is 4.62. The zero-order valence-electron chi connectivity index (χ0n) is 10.4. The van der Waals surface area contributed by atoms with Gasteiger partial charge in [-0.05, 0) is 0 Å². The van der Waals surface area contributed by atoms with Crippen LogP contribution in [-0.2, 0) is 14.3 Å². The van der Waals surface area contributed by atoms with Crippen molar-refractivity contribution in [2.75, 3.05) is 13.2 Å². The molecule has 0 heterocycles. The summed E-state index contributed by atoms with van der Waals surface area (Å²) in [6, 6.07) is 0. The van der Waals surface area contributed by atoms with Crippen LogP contribution in [0.25, 0.3) is 0 Å². The van der Waals surface area contributed by atoms with Crippen LogP contribution in [0.1, 0.15) is 6.42 Å². The summed E-state index contributed by atoms with van der Waals surface area (Å²) in [4.78, 5) is 21.0. The Bertz CT molecular complexity index is 319. The summed E-state index contributed by atoms with van der Waals surface area (Å²) in [5.74, 6) is -2.99. The van der Waals surface area contributed by atoms with Gasteiger partial charge in [-0.1, -0.05) is 0 Å². The van der Waals surface area contributed by atoms with E-state index in [0.717, 1.165) is 0 Å². The molecule has 0 bridgehead atoms. The molecule has 0 radical (unpaired) electrons. The molecule has 10 heteroatoms. The van der Waals surface area contributed by atoms with Crippen LogP contribution in [0.3, 0.4) is 0 Å². The van der Waals surface area contributed by atoms with Gasteiger partial charge in [0.05, 0.1) is 19.6 Å². The van der Waals surface area contributed by atoms with Crippen LogP contribution in [0.2, 0.25) is 0 Å². The van der Waals surface area contributed by atoms with Gasteiger partial charge >= 0.3 is 11.9 Å². The minimum absolute atomic E-state index is 0.777. The van der Waals surface area contributed by atoms with Gasteiger partial charge < -0.3 is 40.5 Å². The Kier molecular flexibility index (Phi) is 8.22. The van der Waals surface area contributed by atoms with Crippen molar-refractivity contribution in [3.8, 4) is 0 Å². The van der Waals surface area contributed by atoms with Crippen molar-refractivity contribution < 1.29 is 50.1 Å². The van der Waals surface area contributed by atoms with Crippen LogP contribution in [0.5, 0.6) is 0 Å². The van der Waals surface area contributed by atoms with Gasteiger partial charge in [0.15, 0.2) is 6.10 Å². The van der Waals surface area contributed by atoms with E-state index in [2.05, 4.69) is 4.74 Å². The van der Waals surface area contributed by atoms with Crippen LogP contribution in [0.15, 0.2) is 0 Å². The average Bonchev–Trinajstić information content (AvgIpc) is 2.39. The van der Waals surface area contributed by atoms with E-state index < -0.39 is 62.1 Å². The molecule has 0 aromatic carbocycles. The van der Waals surface area contributed by atoms with Crippen LogP contribution in [0, 0.1) is 0 Å². The summed E-state index contributed by atoms with van der Waals surface area (Å²) in [7, 11) is 0. The number of carboxylic acid groups (broad SMARTS) is 2. The van der Waals surface area contributed by atoms with Gasteiger partial charge in [-0.2, -0.15) is 0 Å². The molecule has 20 heavy (non-hydrogen) atoms. The van der Waals surface area contributed by atoms with E-state index in [1.54, 1.807) is 0 Å². The number of carboxylic acids is 2. The van der Waals surface area contributed by atoms with Crippen molar-refractivity contribution in [1.82, 2.24) is 0 Å². The topological polar surface area (TPSA) is 185 Å². The standard InChI is InChI=1S/C10H18O10/c11-2-4(12)8(16)9(17)5(13)3-20-6(10(18)19)1-7(14)15/h4-6,8-9,11-13,16-17H,1-3H2,(H,14,15)(H,18,19)/t4-,5+,6?,8-,9-/m1/s1. The molecule has 0 aromatic heterocycles. The number of hydrogen-bond donors (Lipinski definition) is 7. The van der Waals surface area contributed by atoms with Gasteiger partial charge in [0.25, 0.3) is 0 Å². The van der Waals surface area contributed by atoms with Crippen LogP contribution in [0.4, 0.5) is 0 Å².